The number of aliphatic hydroxyl groups is 1. The van der Waals surface area contributed by atoms with E-state index >= 15 is 0 Å². The molecule has 0 radical (unpaired) electrons. The molecule has 2 rings (SSSR count). The molecule has 2 unspecified atom stereocenters. The van der Waals surface area contributed by atoms with Crippen LogP contribution >= 0.6 is 0 Å². The molecule has 0 bridgehead atoms. The topological polar surface area (TPSA) is 84.6 Å². The fourth-order valence-corrected chi connectivity index (χ4v) is 2.31. The van der Waals surface area contributed by atoms with E-state index in [-0.39, 0.29) is 31.2 Å². The minimum absolute atomic E-state index is 0.0546. The molecule has 27 heavy (non-hydrogen) atoms. The Bertz CT molecular complexity index is 721. The Labute approximate surface area is 154 Å². The number of carbonyl (C=O) groups excluding carboxylic acids is 1. The van der Waals surface area contributed by atoms with Crippen LogP contribution < -0.4 is 15.8 Å². The van der Waals surface area contributed by atoms with E-state index < -0.39 is 23.9 Å². The number of carbonyl (C=O) groups is 1. The van der Waals surface area contributed by atoms with Gasteiger partial charge in [-0.2, -0.15) is 13.2 Å². The van der Waals surface area contributed by atoms with Crippen molar-refractivity contribution < 1.29 is 27.8 Å². The first kappa shape index (κ1) is 20.7. The normalized spacial score (nSPS) is 13.7. The summed E-state index contributed by atoms with van der Waals surface area (Å²) in [6.45, 7) is -0.225. The van der Waals surface area contributed by atoms with E-state index in [9.17, 15) is 23.1 Å². The van der Waals surface area contributed by atoms with Gasteiger partial charge in [0.2, 0.25) is 5.91 Å². The fraction of sp³-hybridized carbons (Fsp3) is 0.316. The van der Waals surface area contributed by atoms with Crippen LogP contribution in [0.2, 0.25) is 0 Å². The van der Waals surface area contributed by atoms with Gasteiger partial charge in [-0.1, -0.05) is 30.3 Å². The zero-order chi connectivity index (χ0) is 19.9. The molecule has 0 aliphatic heterocycles. The Hall–Kier alpha value is -2.58. The number of aliphatic hydroxyl groups excluding tert-OH is 1. The van der Waals surface area contributed by atoms with Gasteiger partial charge in [0.1, 0.15) is 18.5 Å². The Morgan fingerprint density at radius 3 is 2.33 bits per heavy atom. The van der Waals surface area contributed by atoms with Crippen molar-refractivity contribution in [2.75, 3.05) is 13.2 Å². The van der Waals surface area contributed by atoms with Gasteiger partial charge in [-0.15, -0.1) is 0 Å². The van der Waals surface area contributed by atoms with Crippen molar-refractivity contribution in [3.05, 3.63) is 65.7 Å². The maximum absolute atomic E-state index is 12.5. The predicted molar refractivity (Wildman–Crippen MR) is 93.9 cm³/mol. The van der Waals surface area contributed by atoms with Crippen LogP contribution in [-0.2, 0) is 11.0 Å². The molecule has 8 heteroatoms. The number of ether oxygens (including phenoxy) is 1. The van der Waals surface area contributed by atoms with Crippen LogP contribution in [0.15, 0.2) is 54.6 Å². The van der Waals surface area contributed by atoms with Crippen LogP contribution in [0.25, 0.3) is 0 Å². The Kier molecular flexibility index (Phi) is 7.20. The predicted octanol–water partition coefficient (Wildman–Crippen LogP) is 2.65. The van der Waals surface area contributed by atoms with E-state index in [4.69, 9.17) is 10.5 Å². The second-order valence-electron chi connectivity index (χ2n) is 6.01. The van der Waals surface area contributed by atoms with E-state index in [0.29, 0.717) is 0 Å². The molecule has 2 aromatic rings. The van der Waals surface area contributed by atoms with Crippen LogP contribution in [0.1, 0.15) is 23.6 Å². The second kappa shape index (κ2) is 9.38. The molecule has 0 fully saturated rings. The van der Waals surface area contributed by atoms with E-state index in [0.717, 1.165) is 17.7 Å². The average Bonchev–Trinajstić information content (AvgIpc) is 2.65. The SMILES string of the molecule is NC(CC(=O)NCC(O)COc1ccc(C(F)(F)F)cc1)c1ccccc1. The summed E-state index contributed by atoms with van der Waals surface area (Å²) in [5.41, 5.74) is 6.00. The Balaban J connectivity index is 1.71. The summed E-state index contributed by atoms with van der Waals surface area (Å²) < 4.78 is 42.7. The first-order chi connectivity index (χ1) is 12.8. The zero-order valence-corrected chi connectivity index (χ0v) is 14.4. The first-order valence-electron chi connectivity index (χ1n) is 8.31. The van der Waals surface area contributed by atoms with Gasteiger partial charge < -0.3 is 20.9 Å². The van der Waals surface area contributed by atoms with Gasteiger partial charge in [0.15, 0.2) is 0 Å². The third-order valence-corrected chi connectivity index (χ3v) is 3.79. The number of nitrogens with one attached hydrogen (secondary N) is 1. The fourth-order valence-electron chi connectivity index (χ4n) is 2.31. The monoisotopic (exact) mass is 382 g/mol. The molecule has 2 aromatic carbocycles. The van der Waals surface area contributed by atoms with Crippen molar-refractivity contribution in [2.24, 2.45) is 5.73 Å². The average molecular weight is 382 g/mol. The highest BCUT2D eigenvalue weighted by Gasteiger charge is 2.30. The lowest BCUT2D eigenvalue weighted by atomic mass is 10.0. The van der Waals surface area contributed by atoms with Crippen LogP contribution in [0.5, 0.6) is 5.75 Å². The number of hydrogen-bond donors (Lipinski definition) is 3. The number of alkyl halides is 3. The molecule has 2 atom stereocenters. The number of benzene rings is 2. The van der Waals surface area contributed by atoms with Crippen molar-refractivity contribution in [1.29, 1.82) is 0 Å². The van der Waals surface area contributed by atoms with Crippen molar-refractivity contribution in [1.82, 2.24) is 5.32 Å². The molecule has 0 aromatic heterocycles. The number of hydrogen-bond acceptors (Lipinski definition) is 4. The highest BCUT2D eigenvalue weighted by Crippen LogP contribution is 2.30. The van der Waals surface area contributed by atoms with E-state index in [1.807, 2.05) is 30.3 Å². The van der Waals surface area contributed by atoms with Gasteiger partial charge in [0, 0.05) is 19.0 Å². The van der Waals surface area contributed by atoms with Crippen LogP contribution in [-0.4, -0.2) is 30.3 Å². The molecule has 1 amide bonds. The number of amides is 1. The van der Waals surface area contributed by atoms with Gasteiger partial charge in [-0.05, 0) is 29.8 Å². The summed E-state index contributed by atoms with van der Waals surface area (Å²) in [4.78, 5) is 11.9. The minimum atomic E-state index is -4.41. The highest BCUT2D eigenvalue weighted by molar-refractivity contribution is 5.76. The summed E-state index contributed by atoms with van der Waals surface area (Å²) in [5, 5.41) is 12.4. The van der Waals surface area contributed by atoms with Crippen LogP contribution in [0.3, 0.4) is 0 Å². The van der Waals surface area contributed by atoms with E-state index in [1.165, 1.54) is 12.1 Å². The Morgan fingerprint density at radius 1 is 1.11 bits per heavy atom. The number of nitrogens with two attached hydrogens (primary N) is 1. The molecular weight excluding hydrogens is 361 g/mol. The molecule has 4 N–H and O–H groups in total. The van der Waals surface area contributed by atoms with Crippen molar-refractivity contribution >= 4 is 5.91 Å². The van der Waals surface area contributed by atoms with Gasteiger partial charge in [-0.25, -0.2) is 0 Å². The molecule has 0 aliphatic carbocycles. The number of rotatable bonds is 8. The molecule has 0 aliphatic rings. The summed E-state index contributed by atoms with van der Waals surface area (Å²) in [6.07, 6.45) is -5.36. The maximum Gasteiger partial charge on any atom is 0.416 e. The molecule has 0 spiro atoms. The lowest BCUT2D eigenvalue weighted by Gasteiger charge is -2.15. The van der Waals surface area contributed by atoms with Gasteiger partial charge in [-0.3, -0.25) is 4.79 Å². The smallest absolute Gasteiger partial charge is 0.416 e. The van der Waals surface area contributed by atoms with Crippen LogP contribution in [0.4, 0.5) is 13.2 Å². The lowest BCUT2D eigenvalue weighted by molar-refractivity contribution is -0.137. The summed E-state index contributed by atoms with van der Waals surface area (Å²) in [5.74, 6) is -0.126. The van der Waals surface area contributed by atoms with Gasteiger partial charge in [0.05, 0.1) is 5.56 Å². The third kappa shape index (κ3) is 6.92. The van der Waals surface area contributed by atoms with Gasteiger partial charge >= 0.3 is 6.18 Å². The summed E-state index contributed by atoms with van der Waals surface area (Å²) in [6, 6.07) is 12.8. The summed E-state index contributed by atoms with van der Waals surface area (Å²) in [7, 11) is 0. The minimum Gasteiger partial charge on any atom is -0.491 e. The lowest BCUT2D eigenvalue weighted by Crippen LogP contribution is -2.36. The first-order valence-corrected chi connectivity index (χ1v) is 8.31. The molecule has 0 saturated heterocycles. The molecule has 0 saturated carbocycles. The highest BCUT2D eigenvalue weighted by atomic mass is 19.4. The second-order valence-corrected chi connectivity index (χ2v) is 6.01. The summed E-state index contributed by atoms with van der Waals surface area (Å²) >= 11 is 0. The molecule has 0 heterocycles. The van der Waals surface area contributed by atoms with Crippen molar-refractivity contribution in [3.8, 4) is 5.75 Å². The van der Waals surface area contributed by atoms with Crippen molar-refractivity contribution in [3.63, 3.8) is 0 Å². The molecule has 146 valence electrons. The van der Waals surface area contributed by atoms with Crippen LogP contribution in [0, 0.1) is 0 Å². The Morgan fingerprint density at radius 2 is 1.74 bits per heavy atom. The molecular formula is C19H21F3N2O3. The van der Waals surface area contributed by atoms with Gasteiger partial charge in [0.25, 0.3) is 0 Å². The zero-order valence-electron chi connectivity index (χ0n) is 14.4. The van der Waals surface area contributed by atoms with Crippen molar-refractivity contribution in [2.45, 2.75) is 24.7 Å². The maximum atomic E-state index is 12.5. The molecule has 5 nitrogen and oxygen atoms in total. The third-order valence-electron chi connectivity index (χ3n) is 3.79. The van der Waals surface area contributed by atoms with E-state index in [2.05, 4.69) is 5.32 Å². The van der Waals surface area contributed by atoms with E-state index in [1.54, 1.807) is 0 Å². The largest absolute Gasteiger partial charge is 0.491 e. The number of halogens is 3. The quantitative estimate of drug-likeness (QED) is 0.655. The standard InChI is InChI=1S/C19H21F3N2O3/c20-19(21,22)14-6-8-16(9-7-14)27-12-15(25)11-24-18(26)10-17(23)13-4-2-1-3-5-13/h1-9,15,17,25H,10-12,23H2,(H,24,26).